The quantitative estimate of drug-likeness (QED) is 0.387. The summed E-state index contributed by atoms with van der Waals surface area (Å²) in [6, 6.07) is 15.2. The van der Waals surface area contributed by atoms with Gasteiger partial charge in [0.15, 0.2) is 16.7 Å². The number of thiophene rings is 1. The lowest BCUT2D eigenvalue weighted by molar-refractivity contribution is 0.174. The van der Waals surface area contributed by atoms with E-state index in [1.165, 1.54) is 23.1 Å². The fourth-order valence-corrected chi connectivity index (χ4v) is 4.89. The standard InChI is InChI=1S/C19H11N3O3S2/c20-7-8-26-19-21-17-16(12-3-1-2-4-15(12)27-17)18(23)22(19)11-5-6-13-14(9-11)25-10-24-13/h1-6,9H,8,10H2. The van der Waals surface area contributed by atoms with Crippen LogP contribution in [0.3, 0.4) is 0 Å². The molecule has 0 saturated heterocycles. The van der Waals surface area contributed by atoms with Crippen molar-refractivity contribution in [3.63, 3.8) is 0 Å². The third-order valence-electron chi connectivity index (χ3n) is 4.26. The van der Waals surface area contributed by atoms with E-state index in [2.05, 4.69) is 6.07 Å². The number of nitrogens with zero attached hydrogens (tertiary/aromatic N) is 3. The molecule has 0 amide bonds. The van der Waals surface area contributed by atoms with Gasteiger partial charge in [0, 0.05) is 16.2 Å². The number of ether oxygens (including phenoxy) is 2. The van der Waals surface area contributed by atoms with Gasteiger partial charge in [-0.1, -0.05) is 30.0 Å². The monoisotopic (exact) mass is 393 g/mol. The first-order valence-corrected chi connectivity index (χ1v) is 9.90. The van der Waals surface area contributed by atoms with E-state index >= 15 is 0 Å². The molecule has 0 N–H and O–H groups in total. The Hall–Kier alpha value is -3.02. The van der Waals surface area contributed by atoms with Crippen LogP contribution in [0.15, 0.2) is 52.4 Å². The largest absolute Gasteiger partial charge is 0.454 e. The van der Waals surface area contributed by atoms with Crippen LogP contribution in [0.2, 0.25) is 0 Å². The maximum Gasteiger partial charge on any atom is 0.268 e. The van der Waals surface area contributed by atoms with Crippen molar-refractivity contribution in [2.45, 2.75) is 5.16 Å². The number of thioether (sulfide) groups is 1. The summed E-state index contributed by atoms with van der Waals surface area (Å²) >= 11 is 2.72. The molecule has 6 nitrogen and oxygen atoms in total. The molecule has 132 valence electrons. The molecular weight excluding hydrogens is 382 g/mol. The second kappa shape index (κ2) is 6.30. The Labute approximate surface area is 161 Å². The van der Waals surface area contributed by atoms with E-state index < -0.39 is 0 Å². The van der Waals surface area contributed by atoms with Crippen LogP contribution in [0.5, 0.6) is 11.5 Å². The number of benzene rings is 2. The molecule has 0 fully saturated rings. The smallest absolute Gasteiger partial charge is 0.268 e. The normalized spacial score (nSPS) is 12.6. The van der Waals surface area contributed by atoms with Gasteiger partial charge in [0.1, 0.15) is 4.83 Å². The van der Waals surface area contributed by atoms with Crippen molar-refractivity contribution in [3.05, 3.63) is 52.8 Å². The summed E-state index contributed by atoms with van der Waals surface area (Å²) in [5.41, 5.74) is 0.478. The molecule has 1 aliphatic heterocycles. The zero-order valence-electron chi connectivity index (χ0n) is 13.8. The van der Waals surface area contributed by atoms with Crippen molar-refractivity contribution in [2.24, 2.45) is 0 Å². The number of hydrogen-bond donors (Lipinski definition) is 0. The molecule has 4 aromatic rings. The van der Waals surface area contributed by atoms with Crippen LogP contribution < -0.4 is 15.0 Å². The third kappa shape index (κ3) is 2.55. The van der Waals surface area contributed by atoms with Gasteiger partial charge in [0.05, 0.1) is 22.9 Å². The van der Waals surface area contributed by atoms with Crippen LogP contribution in [0.25, 0.3) is 26.0 Å². The van der Waals surface area contributed by atoms with Crippen LogP contribution in [0.1, 0.15) is 0 Å². The third-order valence-corrected chi connectivity index (χ3v) is 6.13. The highest BCUT2D eigenvalue weighted by atomic mass is 32.2. The van der Waals surface area contributed by atoms with Crippen LogP contribution in [-0.2, 0) is 0 Å². The van der Waals surface area contributed by atoms with Crippen molar-refractivity contribution in [1.29, 1.82) is 5.26 Å². The molecule has 8 heteroatoms. The van der Waals surface area contributed by atoms with Gasteiger partial charge in [0.25, 0.3) is 5.56 Å². The Morgan fingerprint density at radius 1 is 1.22 bits per heavy atom. The van der Waals surface area contributed by atoms with Crippen molar-refractivity contribution >= 4 is 43.4 Å². The molecule has 3 heterocycles. The fourth-order valence-electron chi connectivity index (χ4n) is 3.10. The molecule has 2 aromatic carbocycles. The highest BCUT2D eigenvalue weighted by Gasteiger charge is 2.20. The molecule has 0 spiro atoms. The Balaban J connectivity index is 1.83. The molecule has 0 atom stereocenters. The van der Waals surface area contributed by atoms with Gasteiger partial charge in [-0.25, -0.2) is 4.98 Å². The van der Waals surface area contributed by atoms with Crippen molar-refractivity contribution in [3.8, 4) is 23.3 Å². The molecule has 2 aromatic heterocycles. The molecule has 0 radical (unpaired) electrons. The predicted octanol–water partition coefficient (Wildman–Crippen LogP) is 3.94. The first-order chi connectivity index (χ1) is 13.3. The van der Waals surface area contributed by atoms with E-state index in [-0.39, 0.29) is 18.1 Å². The molecule has 27 heavy (non-hydrogen) atoms. The number of rotatable bonds is 3. The lowest BCUT2D eigenvalue weighted by Gasteiger charge is -2.11. The maximum atomic E-state index is 13.4. The molecule has 0 bridgehead atoms. The van der Waals surface area contributed by atoms with Gasteiger partial charge in [0.2, 0.25) is 6.79 Å². The highest BCUT2D eigenvalue weighted by Crippen LogP contribution is 2.36. The average Bonchev–Trinajstić information content (AvgIpc) is 3.29. The van der Waals surface area contributed by atoms with Gasteiger partial charge in [-0.2, -0.15) is 5.26 Å². The van der Waals surface area contributed by atoms with Crippen molar-refractivity contribution < 1.29 is 9.47 Å². The van der Waals surface area contributed by atoms with Gasteiger partial charge in [-0.15, -0.1) is 11.3 Å². The predicted molar refractivity (Wildman–Crippen MR) is 105 cm³/mol. The summed E-state index contributed by atoms with van der Waals surface area (Å²) in [5.74, 6) is 1.44. The Bertz CT molecular complexity index is 1300. The van der Waals surface area contributed by atoms with Crippen LogP contribution in [0, 0.1) is 11.3 Å². The number of aromatic nitrogens is 2. The summed E-state index contributed by atoms with van der Waals surface area (Å²) in [6.07, 6.45) is 0. The Morgan fingerprint density at radius 3 is 2.96 bits per heavy atom. The van der Waals surface area contributed by atoms with Crippen LogP contribution >= 0.6 is 23.1 Å². The maximum absolute atomic E-state index is 13.4. The summed E-state index contributed by atoms with van der Waals surface area (Å²) < 4.78 is 13.4. The second-order valence-electron chi connectivity index (χ2n) is 5.80. The van der Waals surface area contributed by atoms with Gasteiger partial charge >= 0.3 is 0 Å². The second-order valence-corrected chi connectivity index (χ2v) is 7.77. The zero-order valence-corrected chi connectivity index (χ0v) is 15.5. The van der Waals surface area contributed by atoms with E-state index in [0.29, 0.717) is 32.6 Å². The van der Waals surface area contributed by atoms with Gasteiger partial charge in [-0.3, -0.25) is 9.36 Å². The molecule has 0 saturated carbocycles. The lowest BCUT2D eigenvalue weighted by atomic mass is 10.2. The number of hydrogen-bond acceptors (Lipinski definition) is 7. The molecule has 0 unspecified atom stereocenters. The van der Waals surface area contributed by atoms with Crippen LogP contribution in [0.4, 0.5) is 0 Å². The Kier molecular flexibility index (Phi) is 3.77. The van der Waals surface area contributed by atoms with Crippen molar-refractivity contribution in [2.75, 3.05) is 12.5 Å². The number of fused-ring (bicyclic) bond motifs is 4. The van der Waals surface area contributed by atoms with E-state index in [9.17, 15) is 4.79 Å². The minimum atomic E-state index is -0.156. The molecular formula is C19H11N3O3S2. The average molecular weight is 393 g/mol. The van der Waals surface area contributed by atoms with Crippen LogP contribution in [-0.4, -0.2) is 22.1 Å². The summed E-state index contributed by atoms with van der Waals surface area (Å²) in [6.45, 7) is 0.163. The number of nitriles is 1. The van der Waals surface area contributed by atoms with E-state index in [1.807, 2.05) is 24.3 Å². The lowest BCUT2D eigenvalue weighted by Crippen LogP contribution is -2.21. The topological polar surface area (TPSA) is 77.1 Å². The molecule has 0 aliphatic carbocycles. The summed E-state index contributed by atoms with van der Waals surface area (Å²) in [5, 5.41) is 11.0. The Morgan fingerprint density at radius 2 is 2.07 bits per heavy atom. The first-order valence-electron chi connectivity index (χ1n) is 8.10. The summed E-state index contributed by atoms with van der Waals surface area (Å²) in [4.78, 5) is 18.8. The van der Waals surface area contributed by atoms with Crippen molar-refractivity contribution in [1.82, 2.24) is 9.55 Å². The highest BCUT2D eigenvalue weighted by molar-refractivity contribution is 7.99. The van der Waals surface area contributed by atoms with Gasteiger partial charge in [-0.05, 0) is 18.2 Å². The first kappa shape index (κ1) is 16.2. The van der Waals surface area contributed by atoms with E-state index in [0.717, 1.165) is 10.1 Å². The zero-order chi connectivity index (χ0) is 18.4. The minimum Gasteiger partial charge on any atom is -0.454 e. The molecule has 1 aliphatic rings. The SMILES string of the molecule is N#CCSc1nc2sc3ccccc3c2c(=O)n1-c1ccc2c(c1)OCO2. The minimum absolute atomic E-state index is 0.156. The summed E-state index contributed by atoms with van der Waals surface area (Å²) in [7, 11) is 0. The van der Waals surface area contributed by atoms with Gasteiger partial charge < -0.3 is 9.47 Å². The van der Waals surface area contributed by atoms with E-state index in [1.54, 1.807) is 22.8 Å². The molecule has 5 rings (SSSR count). The van der Waals surface area contributed by atoms with E-state index in [4.69, 9.17) is 19.7 Å². The fraction of sp³-hybridized carbons (Fsp3) is 0.105.